The summed E-state index contributed by atoms with van der Waals surface area (Å²) in [6, 6.07) is 6.54. The van der Waals surface area contributed by atoms with Crippen molar-refractivity contribution in [2.75, 3.05) is 32.5 Å². The van der Waals surface area contributed by atoms with Gasteiger partial charge >= 0.3 is 0 Å². The van der Waals surface area contributed by atoms with E-state index >= 15 is 0 Å². The summed E-state index contributed by atoms with van der Waals surface area (Å²) in [7, 11) is -3.20. The maximum atomic E-state index is 12.4. The lowest BCUT2D eigenvalue weighted by atomic mass is 10.2. The number of rotatable bonds is 8. The van der Waals surface area contributed by atoms with Gasteiger partial charge in [0.2, 0.25) is 5.91 Å². The van der Waals surface area contributed by atoms with Gasteiger partial charge in [0.1, 0.15) is 5.75 Å². The molecule has 1 N–H and O–H groups in total. The Labute approximate surface area is 144 Å². The highest BCUT2D eigenvalue weighted by Crippen LogP contribution is 2.16. The van der Waals surface area contributed by atoms with E-state index in [-0.39, 0.29) is 23.5 Å². The van der Waals surface area contributed by atoms with Gasteiger partial charge < -0.3 is 15.0 Å². The number of sulfone groups is 1. The molecule has 0 aromatic heterocycles. The third kappa shape index (κ3) is 5.21. The van der Waals surface area contributed by atoms with Gasteiger partial charge in [-0.3, -0.25) is 4.79 Å². The van der Waals surface area contributed by atoms with Crippen LogP contribution in [0.15, 0.2) is 29.2 Å². The van der Waals surface area contributed by atoms with Crippen LogP contribution in [0.1, 0.15) is 26.2 Å². The SMILES string of the molecule is CCCN(C(=O)CCOc1ccc(S(C)(=O)=O)cc1)C1CCNC1. The molecular weight excluding hydrogens is 328 g/mol. The number of nitrogens with zero attached hydrogens (tertiary/aromatic N) is 1. The first kappa shape index (κ1) is 18.7. The van der Waals surface area contributed by atoms with E-state index in [1.54, 1.807) is 12.1 Å². The average molecular weight is 354 g/mol. The maximum absolute atomic E-state index is 12.4. The van der Waals surface area contributed by atoms with Crippen molar-refractivity contribution in [3.8, 4) is 5.75 Å². The molecule has 1 amide bonds. The highest BCUT2D eigenvalue weighted by molar-refractivity contribution is 7.90. The fourth-order valence-corrected chi connectivity index (χ4v) is 3.47. The summed E-state index contributed by atoms with van der Waals surface area (Å²) in [6.07, 6.45) is 3.43. The molecule has 7 heteroatoms. The zero-order valence-electron chi connectivity index (χ0n) is 14.3. The molecule has 2 rings (SSSR count). The smallest absolute Gasteiger partial charge is 0.226 e. The fraction of sp³-hybridized carbons (Fsp3) is 0.588. The van der Waals surface area contributed by atoms with E-state index in [4.69, 9.17) is 4.74 Å². The summed E-state index contributed by atoms with van der Waals surface area (Å²) in [5.41, 5.74) is 0. The van der Waals surface area contributed by atoms with Crippen molar-refractivity contribution in [3.63, 3.8) is 0 Å². The molecule has 0 aliphatic carbocycles. The van der Waals surface area contributed by atoms with Gasteiger partial charge in [0.15, 0.2) is 9.84 Å². The van der Waals surface area contributed by atoms with E-state index in [1.165, 1.54) is 18.4 Å². The monoisotopic (exact) mass is 354 g/mol. The molecule has 1 aliphatic heterocycles. The molecule has 0 saturated carbocycles. The van der Waals surface area contributed by atoms with Crippen LogP contribution in [0.4, 0.5) is 0 Å². The quantitative estimate of drug-likeness (QED) is 0.765. The first-order chi connectivity index (χ1) is 11.4. The summed E-state index contributed by atoms with van der Waals surface area (Å²) in [4.78, 5) is 14.6. The number of carbonyl (C=O) groups is 1. The summed E-state index contributed by atoms with van der Waals surface area (Å²) in [5.74, 6) is 0.679. The first-order valence-corrected chi connectivity index (χ1v) is 10.2. The second-order valence-corrected chi connectivity index (χ2v) is 8.09. The second-order valence-electron chi connectivity index (χ2n) is 6.08. The molecule has 0 radical (unpaired) electrons. The van der Waals surface area contributed by atoms with Crippen LogP contribution in [0.2, 0.25) is 0 Å². The minimum Gasteiger partial charge on any atom is -0.493 e. The lowest BCUT2D eigenvalue weighted by Crippen LogP contribution is -2.42. The Balaban J connectivity index is 1.84. The predicted molar refractivity (Wildman–Crippen MR) is 92.9 cm³/mol. The number of benzene rings is 1. The van der Waals surface area contributed by atoms with Gasteiger partial charge in [0.25, 0.3) is 0 Å². The van der Waals surface area contributed by atoms with Gasteiger partial charge in [0.05, 0.1) is 17.9 Å². The molecule has 1 saturated heterocycles. The second kappa shape index (κ2) is 8.48. The number of hydrogen-bond acceptors (Lipinski definition) is 5. The topological polar surface area (TPSA) is 75.7 Å². The molecule has 1 heterocycles. The lowest BCUT2D eigenvalue weighted by Gasteiger charge is -2.28. The van der Waals surface area contributed by atoms with Crippen LogP contribution in [-0.2, 0) is 14.6 Å². The Kier molecular flexibility index (Phi) is 6.62. The van der Waals surface area contributed by atoms with Crippen LogP contribution in [0.25, 0.3) is 0 Å². The Hall–Kier alpha value is -1.60. The maximum Gasteiger partial charge on any atom is 0.226 e. The van der Waals surface area contributed by atoms with E-state index in [1.807, 2.05) is 4.90 Å². The molecular formula is C17H26N2O4S. The van der Waals surface area contributed by atoms with E-state index in [0.717, 1.165) is 32.5 Å². The Morgan fingerprint density at radius 2 is 2.04 bits per heavy atom. The van der Waals surface area contributed by atoms with Crippen molar-refractivity contribution in [1.82, 2.24) is 10.2 Å². The molecule has 1 aromatic carbocycles. The molecule has 1 aromatic rings. The number of nitrogens with one attached hydrogen (secondary N) is 1. The van der Waals surface area contributed by atoms with E-state index in [0.29, 0.717) is 12.2 Å². The summed E-state index contributed by atoms with van der Waals surface area (Å²) in [5, 5.41) is 3.29. The Bertz CT molecular complexity index is 637. The minimum atomic E-state index is -3.20. The highest BCUT2D eigenvalue weighted by atomic mass is 32.2. The van der Waals surface area contributed by atoms with E-state index < -0.39 is 9.84 Å². The van der Waals surface area contributed by atoms with Gasteiger partial charge in [-0.05, 0) is 43.7 Å². The molecule has 6 nitrogen and oxygen atoms in total. The molecule has 1 unspecified atom stereocenters. The van der Waals surface area contributed by atoms with Gasteiger partial charge in [-0.15, -0.1) is 0 Å². The van der Waals surface area contributed by atoms with Gasteiger partial charge in [-0.1, -0.05) is 6.92 Å². The minimum absolute atomic E-state index is 0.110. The van der Waals surface area contributed by atoms with E-state index in [2.05, 4.69) is 12.2 Å². The van der Waals surface area contributed by atoms with Crippen LogP contribution in [0.3, 0.4) is 0 Å². The Morgan fingerprint density at radius 1 is 1.33 bits per heavy atom. The third-order valence-electron chi connectivity index (χ3n) is 4.10. The number of amides is 1. The zero-order valence-corrected chi connectivity index (χ0v) is 15.1. The van der Waals surface area contributed by atoms with E-state index in [9.17, 15) is 13.2 Å². The largest absolute Gasteiger partial charge is 0.493 e. The molecule has 1 aliphatic rings. The molecule has 1 atom stereocenters. The molecule has 0 bridgehead atoms. The number of hydrogen-bond donors (Lipinski definition) is 1. The first-order valence-electron chi connectivity index (χ1n) is 8.35. The van der Waals surface area contributed by atoms with Crippen molar-refractivity contribution < 1.29 is 17.9 Å². The van der Waals surface area contributed by atoms with Crippen molar-refractivity contribution in [1.29, 1.82) is 0 Å². The summed E-state index contributed by atoms with van der Waals surface area (Å²) < 4.78 is 28.4. The lowest BCUT2D eigenvalue weighted by molar-refractivity contribution is -0.133. The van der Waals surface area contributed by atoms with Crippen molar-refractivity contribution in [3.05, 3.63) is 24.3 Å². The van der Waals surface area contributed by atoms with Crippen LogP contribution in [0, 0.1) is 0 Å². The summed E-state index contributed by atoms with van der Waals surface area (Å²) >= 11 is 0. The summed E-state index contributed by atoms with van der Waals surface area (Å²) in [6.45, 7) is 4.95. The predicted octanol–water partition coefficient (Wildman–Crippen LogP) is 1.46. The van der Waals surface area contributed by atoms with Gasteiger partial charge in [-0.25, -0.2) is 8.42 Å². The standard InChI is InChI=1S/C17H26N2O4S/c1-3-11-19(14-8-10-18-13-14)17(20)9-12-23-15-4-6-16(7-5-15)24(2,21)22/h4-7,14,18H,3,8-13H2,1-2H3. The number of carbonyl (C=O) groups excluding carboxylic acids is 1. The molecule has 0 spiro atoms. The van der Waals surface area contributed by atoms with Gasteiger partial charge in [0, 0.05) is 25.4 Å². The fourth-order valence-electron chi connectivity index (χ4n) is 2.84. The van der Waals surface area contributed by atoms with Crippen molar-refractivity contribution >= 4 is 15.7 Å². The van der Waals surface area contributed by atoms with Crippen LogP contribution in [-0.4, -0.2) is 57.8 Å². The van der Waals surface area contributed by atoms with Crippen LogP contribution in [0.5, 0.6) is 5.75 Å². The highest BCUT2D eigenvalue weighted by Gasteiger charge is 2.25. The third-order valence-corrected chi connectivity index (χ3v) is 5.22. The molecule has 134 valence electrons. The van der Waals surface area contributed by atoms with Crippen LogP contribution < -0.4 is 10.1 Å². The molecule has 24 heavy (non-hydrogen) atoms. The van der Waals surface area contributed by atoms with Gasteiger partial charge in [-0.2, -0.15) is 0 Å². The van der Waals surface area contributed by atoms with Crippen molar-refractivity contribution in [2.24, 2.45) is 0 Å². The van der Waals surface area contributed by atoms with Crippen molar-refractivity contribution in [2.45, 2.75) is 37.1 Å². The normalized spacial score (nSPS) is 17.7. The zero-order chi connectivity index (χ0) is 17.6. The van der Waals surface area contributed by atoms with Crippen LogP contribution >= 0.6 is 0 Å². The average Bonchev–Trinajstić information content (AvgIpc) is 3.06. The Morgan fingerprint density at radius 3 is 2.58 bits per heavy atom. The number of ether oxygens (including phenoxy) is 1. The molecule has 1 fully saturated rings.